The molecule has 134 valence electrons. The van der Waals surface area contributed by atoms with Gasteiger partial charge in [-0.05, 0) is 29.8 Å². The number of halogens is 1. The molecule has 0 fully saturated rings. The van der Waals surface area contributed by atoms with Crippen molar-refractivity contribution in [3.63, 3.8) is 0 Å². The first-order valence-corrected chi connectivity index (χ1v) is 8.95. The van der Waals surface area contributed by atoms with Crippen molar-refractivity contribution in [1.82, 2.24) is 10.0 Å². The summed E-state index contributed by atoms with van der Waals surface area (Å²) in [5.41, 5.74) is 7.56. The molecule has 2 amide bonds. The molecule has 0 aliphatic heterocycles. The minimum atomic E-state index is -0.898. The van der Waals surface area contributed by atoms with Gasteiger partial charge in [-0.3, -0.25) is 5.21 Å². The van der Waals surface area contributed by atoms with E-state index in [4.69, 9.17) is 22.1 Å². The molecule has 0 radical (unpaired) electrons. The first kappa shape index (κ1) is 18.2. The van der Waals surface area contributed by atoms with Crippen molar-refractivity contribution >= 4 is 29.0 Å². The zero-order chi connectivity index (χ0) is 18.5. The Labute approximate surface area is 159 Å². The average Bonchev–Trinajstić information content (AvgIpc) is 3.10. The minimum absolute atomic E-state index is 0.0200. The second-order valence-corrected chi connectivity index (χ2v) is 6.77. The molecule has 0 unspecified atom stereocenters. The zero-order valence-corrected chi connectivity index (χ0v) is 15.2. The number of rotatable bonds is 6. The van der Waals surface area contributed by atoms with Gasteiger partial charge in [-0.1, -0.05) is 35.9 Å². The summed E-state index contributed by atoms with van der Waals surface area (Å²) < 4.78 is 5.72. The van der Waals surface area contributed by atoms with Crippen molar-refractivity contribution in [3.05, 3.63) is 70.2 Å². The SMILES string of the molecule is NC(=O)N(O)Cc1ccc(OCc2csc(-c3ccc(Cl)cc3)n2)cc1. The summed E-state index contributed by atoms with van der Waals surface area (Å²) in [6.45, 7) is 0.364. The second-order valence-electron chi connectivity index (χ2n) is 5.48. The van der Waals surface area contributed by atoms with Crippen molar-refractivity contribution in [2.24, 2.45) is 5.73 Å². The summed E-state index contributed by atoms with van der Waals surface area (Å²) in [4.78, 5) is 15.4. The maximum atomic E-state index is 10.8. The first-order chi connectivity index (χ1) is 12.5. The monoisotopic (exact) mass is 389 g/mol. The lowest BCUT2D eigenvalue weighted by Gasteiger charge is -2.12. The molecule has 0 saturated heterocycles. The molecule has 0 saturated carbocycles. The first-order valence-electron chi connectivity index (χ1n) is 7.69. The van der Waals surface area contributed by atoms with Gasteiger partial charge in [-0.2, -0.15) is 0 Å². The molecular weight excluding hydrogens is 374 g/mol. The largest absolute Gasteiger partial charge is 0.487 e. The fraction of sp³-hybridized carbons (Fsp3) is 0.111. The molecule has 1 heterocycles. The summed E-state index contributed by atoms with van der Waals surface area (Å²) in [6.07, 6.45) is 0. The zero-order valence-electron chi connectivity index (χ0n) is 13.6. The number of aromatic nitrogens is 1. The fourth-order valence-corrected chi connectivity index (χ4v) is 3.13. The van der Waals surface area contributed by atoms with Gasteiger partial charge < -0.3 is 10.5 Å². The lowest BCUT2D eigenvalue weighted by atomic mass is 10.2. The highest BCUT2D eigenvalue weighted by Gasteiger charge is 2.08. The van der Waals surface area contributed by atoms with Crippen LogP contribution in [0.3, 0.4) is 0 Å². The Morgan fingerprint density at radius 2 is 1.88 bits per heavy atom. The summed E-state index contributed by atoms with van der Waals surface area (Å²) in [6, 6.07) is 13.7. The molecule has 3 rings (SSSR count). The van der Waals surface area contributed by atoms with Crippen LogP contribution in [0.1, 0.15) is 11.3 Å². The third-order valence-electron chi connectivity index (χ3n) is 3.54. The van der Waals surface area contributed by atoms with Gasteiger partial charge in [0.2, 0.25) is 0 Å². The highest BCUT2D eigenvalue weighted by atomic mass is 35.5. The van der Waals surface area contributed by atoms with Crippen LogP contribution in [0.25, 0.3) is 10.6 Å². The van der Waals surface area contributed by atoms with Crippen molar-refractivity contribution in [2.45, 2.75) is 13.2 Å². The number of primary amides is 1. The van der Waals surface area contributed by atoms with E-state index in [0.717, 1.165) is 21.8 Å². The third-order valence-corrected chi connectivity index (χ3v) is 4.73. The normalized spacial score (nSPS) is 10.5. The number of thiazole rings is 1. The van der Waals surface area contributed by atoms with E-state index in [-0.39, 0.29) is 6.54 Å². The number of ether oxygens (including phenoxy) is 1. The number of hydroxylamine groups is 2. The molecule has 0 bridgehead atoms. The molecule has 0 aliphatic rings. The molecule has 2 aromatic carbocycles. The Kier molecular flexibility index (Phi) is 5.72. The van der Waals surface area contributed by atoms with Crippen LogP contribution < -0.4 is 10.5 Å². The van der Waals surface area contributed by atoms with E-state index in [1.165, 1.54) is 0 Å². The van der Waals surface area contributed by atoms with Gasteiger partial charge in [0, 0.05) is 16.0 Å². The Bertz CT molecular complexity index is 881. The minimum Gasteiger partial charge on any atom is -0.487 e. The smallest absolute Gasteiger partial charge is 0.338 e. The van der Waals surface area contributed by atoms with Gasteiger partial charge in [0.25, 0.3) is 0 Å². The topological polar surface area (TPSA) is 88.7 Å². The van der Waals surface area contributed by atoms with Gasteiger partial charge >= 0.3 is 6.03 Å². The number of nitrogens with two attached hydrogens (primary N) is 1. The van der Waals surface area contributed by atoms with Crippen molar-refractivity contribution in [3.8, 4) is 16.3 Å². The van der Waals surface area contributed by atoms with Gasteiger partial charge in [-0.25, -0.2) is 14.8 Å². The quantitative estimate of drug-likeness (QED) is 0.485. The van der Waals surface area contributed by atoms with Crippen LogP contribution in [-0.4, -0.2) is 21.3 Å². The number of amides is 2. The van der Waals surface area contributed by atoms with Crippen LogP contribution >= 0.6 is 22.9 Å². The molecule has 26 heavy (non-hydrogen) atoms. The molecule has 1 aromatic heterocycles. The van der Waals surface area contributed by atoms with E-state index >= 15 is 0 Å². The maximum absolute atomic E-state index is 10.8. The highest BCUT2D eigenvalue weighted by molar-refractivity contribution is 7.13. The average molecular weight is 390 g/mol. The molecule has 0 aliphatic carbocycles. The number of urea groups is 1. The third kappa shape index (κ3) is 4.72. The fourth-order valence-electron chi connectivity index (χ4n) is 2.20. The van der Waals surface area contributed by atoms with Crippen molar-refractivity contribution in [2.75, 3.05) is 0 Å². The van der Waals surface area contributed by atoms with Crippen molar-refractivity contribution < 1.29 is 14.7 Å². The second kappa shape index (κ2) is 8.18. The molecule has 6 nitrogen and oxygen atoms in total. The van der Waals surface area contributed by atoms with Gasteiger partial charge in [0.1, 0.15) is 17.4 Å². The van der Waals surface area contributed by atoms with Crippen LogP contribution in [0.15, 0.2) is 53.9 Å². The predicted octanol–water partition coefficient (Wildman–Crippen LogP) is 4.31. The highest BCUT2D eigenvalue weighted by Crippen LogP contribution is 2.25. The van der Waals surface area contributed by atoms with E-state index in [0.29, 0.717) is 22.4 Å². The van der Waals surface area contributed by atoms with Crippen LogP contribution in [0.4, 0.5) is 4.79 Å². The van der Waals surface area contributed by atoms with Crippen LogP contribution in [0.5, 0.6) is 5.75 Å². The van der Waals surface area contributed by atoms with E-state index in [2.05, 4.69) is 4.98 Å². The van der Waals surface area contributed by atoms with Gasteiger partial charge in [0.05, 0.1) is 12.2 Å². The van der Waals surface area contributed by atoms with Crippen LogP contribution in [0, 0.1) is 0 Å². The lowest BCUT2D eigenvalue weighted by molar-refractivity contribution is -0.0470. The Hall–Kier alpha value is -2.61. The van der Waals surface area contributed by atoms with E-state index in [1.807, 2.05) is 29.6 Å². The number of hydrogen-bond acceptors (Lipinski definition) is 5. The van der Waals surface area contributed by atoms with Crippen LogP contribution in [0.2, 0.25) is 5.02 Å². The number of carbonyl (C=O) groups is 1. The number of benzene rings is 2. The summed E-state index contributed by atoms with van der Waals surface area (Å²) in [5.74, 6) is 0.665. The molecule has 3 aromatic rings. The number of carbonyl (C=O) groups excluding carboxylic acids is 1. The van der Waals surface area contributed by atoms with E-state index in [9.17, 15) is 10.0 Å². The molecule has 8 heteroatoms. The van der Waals surface area contributed by atoms with Gasteiger partial charge in [0.15, 0.2) is 0 Å². The molecule has 0 spiro atoms. The standard InChI is InChI=1S/C18H16ClN3O3S/c19-14-5-3-13(4-6-14)17-21-15(11-26-17)10-25-16-7-1-12(2-8-16)9-22(24)18(20)23/h1-8,11,24H,9-10H2,(H2,20,23). The molecule has 0 atom stereocenters. The summed E-state index contributed by atoms with van der Waals surface area (Å²) in [7, 11) is 0. The summed E-state index contributed by atoms with van der Waals surface area (Å²) in [5, 5.41) is 13.3. The molecule has 3 N–H and O–H groups in total. The Morgan fingerprint density at radius 1 is 1.19 bits per heavy atom. The predicted molar refractivity (Wildman–Crippen MR) is 100 cm³/mol. The molecular formula is C18H16ClN3O3S. The van der Waals surface area contributed by atoms with Gasteiger partial charge in [-0.15, -0.1) is 11.3 Å². The van der Waals surface area contributed by atoms with E-state index in [1.54, 1.807) is 35.6 Å². The number of nitrogens with zero attached hydrogens (tertiary/aromatic N) is 2. The maximum Gasteiger partial charge on any atom is 0.338 e. The lowest BCUT2D eigenvalue weighted by Crippen LogP contribution is -2.31. The number of hydrogen-bond donors (Lipinski definition) is 2. The summed E-state index contributed by atoms with van der Waals surface area (Å²) >= 11 is 7.44. The Balaban J connectivity index is 1.57. The van der Waals surface area contributed by atoms with E-state index < -0.39 is 6.03 Å². The van der Waals surface area contributed by atoms with Crippen LogP contribution in [-0.2, 0) is 13.2 Å². The Morgan fingerprint density at radius 3 is 2.54 bits per heavy atom. The van der Waals surface area contributed by atoms with Crippen molar-refractivity contribution in [1.29, 1.82) is 0 Å².